The molecular weight excluding hydrogens is 420 g/mol. The van der Waals surface area contributed by atoms with E-state index in [4.69, 9.17) is 0 Å². The van der Waals surface area contributed by atoms with Crippen molar-refractivity contribution in [3.05, 3.63) is 69.3 Å². The highest BCUT2D eigenvalue weighted by molar-refractivity contribution is 5.52. The third-order valence-corrected chi connectivity index (χ3v) is 7.39. The molecule has 2 rings (SSSR count). The van der Waals surface area contributed by atoms with Crippen LogP contribution >= 0.6 is 0 Å². The Morgan fingerprint density at radius 3 is 1.40 bits per heavy atom. The summed E-state index contributed by atoms with van der Waals surface area (Å²) in [6.07, 6.45) is 1.07. The van der Waals surface area contributed by atoms with Gasteiger partial charge in [0.1, 0.15) is 0 Å². The lowest BCUT2D eigenvalue weighted by molar-refractivity contribution is 0.490. The van der Waals surface area contributed by atoms with Crippen LogP contribution in [0.2, 0.25) is 0 Å². The minimum atomic E-state index is 0.0798. The van der Waals surface area contributed by atoms with Crippen molar-refractivity contribution < 1.29 is 0 Å². The average molecular weight is 477 g/mol. The molecule has 0 N–H and O–H groups in total. The topological polar surface area (TPSA) is 0 Å². The molecule has 0 bridgehead atoms. The van der Waals surface area contributed by atoms with Gasteiger partial charge in [-0.05, 0) is 78.4 Å². The first-order valence-corrected chi connectivity index (χ1v) is 13.8. The Morgan fingerprint density at radius 1 is 0.514 bits per heavy atom. The molecule has 35 heavy (non-hydrogen) atoms. The average Bonchev–Trinajstić information content (AvgIpc) is 2.63. The molecule has 1 atom stereocenters. The summed E-state index contributed by atoms with van der Waals surface area (Å²) in [4.78, 5) is 0. The van der Waals surface area contributed by atoms with Crippen LogP contribution in [0, 0.1) is 0 Å². The monoisotopic (exact) mass is 476 g/mol. The lowest BCUT2D eigenvalue weighted by Crippen LogP contribution is -2.30. The largest absolute Gasteiger partial charge is 0.0584 e. The minimum Gasteiger partial charge on any atom is -0.0584 e. The number of benzene rings is 2. The third-order valence-electron chi connectivity index (χ3n) is 7.39. The second kappa shape index (κ2) is 9.39. The quantitative estimate of drug-likeness (QED) is 0.413. The van der Waals surface area contributed by atoms with Crippen LogP contribution in [0.25, 0.3) is 0 Å². The van der Waals surface area contributed by atoms with Crippen molar-refractivity contribution in [1.29, 1.82) is 0 Å². The molecule has 0 radical (unpaired) electrons. The van der Waals surface area contributed by atoms with Crippen LogP contribution in [0.15, 0.2) is 30.3 Å². The molecule has 0 heteroatoms. The SMILES string of the molecule is CC(Cc1ccc(C(C)(C)C)cc1C(C)(C)C)c1ccc(C(C)(C)C)c(C(C)(C)C)c1C(C)(C)C. The van der Waals surface area contributed by atoms with E-state index in [1.807, 2.05) is 0 Å². The molecule has 196 valence electrons. The molecule has 0 heterocycles. The molecule has 0 aliphatic heterocycles. The van der Waals surface area contributed by atoms with Crippen molar-refractivity contribution in [2.45, 2.75) is 150 Å². The molecular formula is C35H56. The van der Waals surface area contributed by atoms with E-state index in [1.54, 1.807) is 11.1 Å². The van der Waals surface area contributed by atoms with Crippen molar-refractivity contribution in [1.82, 2.24) is 0 Å². The fourth-order valence-corrected chi connectivity index (χ4v) is 5.60. The van der Waals surface area contributed by atoms with Crippen molar-refractivity contribution in [2.75, 3.05) is 0 Å². The van der Waals surface area contributed by atoms with Crippen molar-refractivity contribution in [3.63, 3.8) is 0 Å². The van der Waals surface area contributed by atoms with E-state index in [9.17, 15) is 0 Å². The highest BCUT2D eigenvalue weighted by Crippen LogP contribution is 2.45. The van der Waals surface area contributed by atoms with Crippen LogP contribution < -0.4 is 0 Å². The summed E-state index contributed by atoms with van der Waals surface area (Å²) in [5, 5.41) is 0. The smallest absolute Gasteiger partial charge is 0.0126 e. The predicted molar refractivity (Wildman–Crippen MR) is 159 cm³/mol. The van der Waals surface area contributed by atoms with E-state index in [0.717, 1.165) is 6.42 Å². The van der Waals surface area contributed by atoms with Gasteiger partial charge in [-0.15, -0.1) is 0 Å². The fraction of sp³-hybridized carbons (Fsp3) is 0.657. The Kier molecular flexibility index (Phi) is 7.96. The zero-order valence-corrected chi connectivity index (χ0v) is 26.2. The molecule has 0 aliphatic rings. The maximum absolute atomic E-state index is 2.48. The van der Waals surface area contributed by atoms with Crippen LogP contribution in [-0.2, 0) is 33.5 Å². The summed E-state index contributed by atoms with van der Waals surface area (Å²) in [5.74, 6) is 0.445. The van der Waals surface area contributed by atoms with Gasteiger partial charge >= 0.3 is 0 Å². The van der Waals surface area contributed by atoms with Gasteiger partial charge in [0.25, 0.3) is 0 Å². The molecule has 1 unspecified atom stereocenters. The lowest BCUT2D eigenvalue weighted by atomic mass is 9.66. The van der Waals surface area contributed by atoms with Crippen LogP contribution in [0.4, 0.5) is 0 Å². The van der Waals surface area contributed by atoms with Gasteiger partial charge in [0.15, 0.2) is 0 Å². The minimum absolute atomic E-state index is 0.0798. The Bertz CT molecular complexity index is 1030. The Labute approximate surface area is 219 Å². The van der Waals surface area contributed by atoms with Gasteiger partial charge in [-0.2, -0.15) is 0 Å². The second-order valence-electron chi connectivity index (χ2n) is 16.2. The highest BCUT2D eigenvalue weighted by atomic mass is 14.4. The third kappa shape index (κ3) is 6.81. The van der Waals surface area contributed by atoms with Crippen LogP contribution in [0.1, 0.15) is 156 Å². The molecule has 0 saturated heterocycles. The molecule has 0 aliphatic carbocycles. The van der Waals surface area contributed by atoms with Crippen LogP contribution in [-0.4, -0.2) is 0 Å². The summed E-state index contributed by atoms with van der Waals surface area (Å²) >= 11 is 0. The Morgan fingerprint density at radius 2 is 1.00 bits per heavy atom. The Balaban J connectivity index is 2.76. The fourth-order valence-electron chi connectivity index (χ4n) is 5.60. The molecule has 0 spiro atoms. The van der Waals surface area contributed by atoms with E-state index in [1.165, 1.54) is 27.8 Å². The maximum atomic E-state index is 2.48. The van der Waals surface area contributed by atoms with Crippen LogP contribution in [0.3, 0.4) is 0 Å². The summed E-state index contributed by atoms with van der Waals surface area (Å²) < 4.78 is 0. The first-order chi connectivity index (χ1) is 15.5. The maximum Gasteiger partial charge on any atom is -0.0126 e. The highest BCUT2D eigenvalue weighted by Gasteiger charge is 2.34. The predicted octanol–water partition coefficient (Wildman–Crippen LogP) is 10.5. The van der Waals surface area contributed by atoms with E-state index >= 15 is 0 Å². The molecule has 0 aromatic heterocycles. The molecule has 2 aromatic carbocycles. The van der Waals surface area contributed by atoms with Gasteiger partial charge < -0.3 is 0 Å². The normalized spacial score (nSPS) is 14.9. The van der Waals surface area contributed by atoms with Crippen LogP contribution in [0.5, 0.6) is 0 Å². The van der Waals surface area contributed by atoms with E-state index in [0.29, 0.717) is 5.92 Å². The number of rotatable bonds is 3. The van der Waals surface area contributed by atoms with Gasteiger partial charge in [0, 0.05) is 0 Å². The standard InChI is InChI=1S/C35H56/c1-23(21-24-17-18-25(31(2,3)4)22-28(24)33(8,9)10)26-19-20-27(32(5,6)7)30(35(14,15)16)29(26)34(11,12)13/h17-20,22-23H,21H2,1-16H3. The van der Waals surface area contributed by atoms with Gasteiger partial charge in [-0.1, -0.05) is 141 Å². The van der Waals surface area contributed by atoms with Gasteiger partial charge in [0.05, 0.1) is 0 Å². The van der Waals surface area contributed by atoms with Gasteiger partial charge in [-0.25, -0.2) is 0 Å². The molecule has 0 fully saturated rings. The zero-order valence-electron chi connectivity index (χ0n) is 26.2. The first-order valence-electron chi connectivity index (χ1n) is 13.8. The van der Waals surface area contributed by atoms with E-state index < -0.39 is 0 Å². The number of hydrogen-bond acceptors (Lipinski definition) is 0. The van der Waals surface area contributed by atoms with Crippen molar-refractivity contribution >= 4 is 0 Å². The van der Waals surface area contributed by atoms with Gasteiger partial charge in [0.2, 0.25) is 0 Å². The Hall–Kier alpha value is -1.56. The summed E-state index contributed by atoms with van der Waals surface area (Å²) in [6, 6.07) is 12.2. The van der Waals surface area contributed by atoms with E-state index in [2.05, 4.69) is 141 Å². The summed E-state index contributed by atoms with van der Waals surface area (Å²) in [7, 11) is 0. The molecule has 0 saturated carbocycles. The van der Waals surface area contributed by atoms with Crippen molar-refractivity contribution in [2.24, 2.45) is 0 Å². The molecule has 2 aromatic rings. The lowest BCUT2D eigenvalue weighted by Gasteiger charge is -2.39. The van der Waals surface area contributed by atoms with Gasteiger partial charge in [-0.3, -0.25) is 0 Å². The van der Waals surface area contributed by atoms with E-state index in [-0.39, 0.29) is 27.1 Å². The second-order valence-corrected chi connectivity index (χ2v) is 16.2. The number of hydrogen-bond donors (Lipinski definition) is 0. The molecule has 0 nitrogen and oxygen atoms in total. The summed E-state index contributed by atoms with van der Waals surface area (Å²) in [5.41, 5.74) is 11.1. The first kappa shape index (κ1) is 29.7. The summed E-state index contributed by atoms with van der Waals surface area (Å²) in [6.45, 7) is 37.9. The zero-order chi connectivity index (χ0) is 27.4. The van der Waals surface area contributed by atoms with Crippen molar-refractivity contribution in [3.8, 4) is 0 Å². The molecule has 0 amide bonds.